The summed E-state index contributed by atoms with van der Waals surface area (Å²) in [4.78, 5) is 14.6. The number of nitrogens with zero attached hydrogens (tertiary/aromatic N) is 2. The molecule has 0 aromatic heterocycles. The van der Waals surface area contributed by atoms with Crippen molar-refractivity contribution in [2.24, 2.45) is 0 Å². The molecule has 0 bridgehead atoms. The third-order valence-corrected chi connectivity index (χ3v) is 5.86. The van der Waals surface area contributed by atoms with E-state index in [2.05, 4.69) is 23.2 Å². The van der Waals surface area contributed by atoms with E-state index in [9.17, 15) is 15.2 Å². The minimum Gasteiger partial charge on any atom is -0.378 e. The number of allylic oxidation sites excluding steroid dienone is 3. The molecule has 2 aliphatic heterocycles. The number of nitrogens with one attached hydrogen (secondary N) is 1. The second kappa shape index (κ2) is 8.72. The number of aliphatic hydroxyl groups is 1. The van der Waals surface area contributed by atoms with Gasteiger partial charge < -0.3 is 10.4 Å². The normalized spacial score (nSPS) is 24.5. The van der Waals surface area contributed by atoms with E-state index in [1.807, 2.05) is 37.3 Å². The molecule has 3 atom stereocenters. The van der Waals surface area contributed by atoms with Gasteiger partial charge in [-0.15, -0.1) is 0 Å². The predicted molar refractivity (Wildman–Crippen MR) is 109 cm³/mol. The number of aliphatic hydroxyl groups excluding tert-OH is 1. The Balaban J connectivity index is 2.13. The second-order valence-corrected chi connectivity index (χ2v) is 7.64. The summed E-state index contributed by atoms with van der Waals surface area (Å²) in [6, 6.07) is 12.1. The first-order valence-corrected chi connectivity index (χ1v) is 10.1. The van der Waals surface area contributed by atoms with Gasteiger partial charge in [-0.05, 0) is 45.1 Å². The van der Waals surface area contributed by atoms with E-state index < -0.39 is 6.23 Å². The van der Waals surface area contributed by atoms with Crippen LogP contribution in [-0.4, -0.2) is 34.6 Å². The van der Waals surface area contributed by atoms with Gasteiger partial charge in [0.1, 0.15) is 6.23 Å². The summed E-state index contributed by atoms with van der Waals surface area (Å²) in [5.41, 5.74) is 3.77. The van der Waals surface area contributed by atoms with Crippen LogP contribution in [-0.2, 0) is 4.79 Å². The first kappa shape index (κ1) is 20.3. The van der Waals surface area contributed by atoms with Gasteiger partial charge in [0, 0.05) is 23.5 Å². The van der Waals surface area contributed by atoms with Gasteiger partial charge in [0.05, 0.1) is 23.6 Å². The Bertz CT molecular complexity index is 835. The van der Waals surface area contributed by atoms with Crippen molar-refractivity contribution in [1.29, 1.82) is 5.26 Å². The average Bonchev–Trinajstić information content (AvgIpc) is 2.69. The number of dihydropyridines is 1. The number of benzene rings is 1. The number of nitriles is 1. The van der Waals surface area contributed by atoms with Gasteiger partial charge in [-0.2, -0.15) is 5.26 Å². The number of hydrogen-bond donors (Lipinski definition) is 2. The van der Waals surface area contributed by atoms with E-state index in [4.69, 9.17) is 0 Å². The molecule has 3 unspecified atom stereocenters. The molecule has 5 nitrogen and oxygen atoms in total. The molecule has 5 heteroatoms. The van der Waals surface area contributed by atoms with Crippen LogP contribution < -0.4 is 5.32 Å². The molecule has 148 valence electrons. The summed E-state index contributed by atoms with van der Waals surface area (Å²) in [7, 11) is 0. The highest BCUT2D eigenvalue weighted by molar-refractivity contribution is 5.97. The Kier molecular flexibility index (Phi) is 6.33. The van der Waals surface area contributed by atoms with Crippen molar-refractivity contribution in [1.82, 2.24) is 10.2 Å². The molecule has 1 aromatic carbocycles. The maximum Gasteiger partial charge on any atom is 0.158 e. The highest BCUT2D eigenvalue weighted by atomic mass is 16.3. The van der Waals surface area contributed by atoms with Crippen LogP contribution in [0.1, 0.15) is 57.9 Å². The first-order chi connectivity index (χ1) is 13.5. The summed E-state index contributed by atoms with van der Waals surface area (Å²) < 4.78 is 0. The highest BCUT2D eigenvalue weighted by Gasteiger charge is 2.37. The highest BCUT2D eigenvalue weighted by Crippen LogP contribution is 2.40. The molecule has 2 heterocycles. The zero-order valence-electron chi connectivity index (χ0n) is 16.9. The van der Waals surface area contributed by atoms with E-state index in [0.717, 1.165) is 49.2 Å². The Morgan fingerprint density at radius 1 is 1.36 bits per heavy atom. The van der Waals surface area contributed by atoms with Gasteiger partial charge in [-0.1, -0.05) is 37.3 Å². The quantitative estimate of drug-likeness (QED) is 0.817. The lowest BCUT2D eigenvalue weighted by Gasteiger charge is -2.42. The number of likely N-dealkylation sites (tertiary alicyclic amines) is 1. The number of carbonyl (C=O) groups is 1. The lowest BCUT2D eigenvalue weighted by atomic mass is 9.78. The smallest absolute Gasteiger partial charge is 0.158 e. The van der Waals surface area contributed by atoms with Crippen molar-refractivity contribution in [3.8, 4) is 6.07 Å². The molecule has 2 aliphatic rings. The predicted octanol–water partition coefficient (Wildman–Crippen LogP) is 3.60. The van der Waals surface area contributed by atoms with Gasteiger partial charge in [0.2, 0.25) is 0 Å². The van der Waals surface area contributed by atoms with Gasteiger partial charge in [0.15, 0.2) is 5.78 Å². The maximum absolute atomic E-state index is 12.5. The zero-order chi connectivity index (χ0) is 20.3. The SMILES string of the molecule is CCC(C1=C(C#N)C(c2ccccc2)C(C(C)=O)=C(C)N1)N1CCCCC1O. The maximum atomic E-state index is 12.5. The monoisotopic (exact) mass is 379 g/mol. The molecule has 0 radical (unpaired) electrons. The molecule has 2 N–H and O–H groups in total. The Hall–Kier alpha value is -2.42. The third-order valence-electron chi connectivity index (χ3n) is 5.86. The summed E-state index contributed by atoms with van der Waals surface area (Å²) in [5.74, 6) is -0.410. The van der Waals surface area contributed by atoms with E-state index >= 15 is 0 Å². The number of carbonyl (C=O) groups excluding carboxylic acids is 1. The van der Waals surface area contributed by atoms with Crippen molar-refractivity contribution in [3.05, 3.63) is 58.4 Å². The first-order valence-electron chi connectivity index (χ1n) is 10.1. The fourth-order valence-corrected chi connectivity index (χ4v) is 4.59. The summed E-state index contributed by atoms with van der Waals surface area (Å²) in [6.07, 6.45) is 3.08. The van der Waals surface area contributed by atoms with E-state index in [1.165, 1.54) is 0 Å². The van der Waals surface area contributed by atoms with E-state index in [0.29, 0.717) is 11.1 Å². The van der Waals surface area contributed by atoms with Crippen molar-refractivity contribution in [2.75, 3.05) is 6.54 Å². The van der Waals surface area contributed by atoms with E-state index in [-0.39, 0.29) is 17.7 Å². The molecule has 1 fully saturated rings. The molecule has 1 saturated heterocycles. The Morgan fingerprint density at radius 3 is 2.64 bits per heavy atom. The summed E-state index contributed by atoms with van der Waals surface area (Å²) in [6.45, 7) is 6.34. The third kappa shape index (κ3) is 3.76. The molecule has 0 amide bonds. The number of piperidine rings is 1. The van der Waals surface area contributed by atoms with Crippen molar-refractivity contribution in [3.63, 3.8) is 0 Å². The van der Waals surface area contributed by atoms with Crippen LogP contribution in [0.5, 0.6) is 0 Å². The average molecular weight is 380 g/mol. The topological polar surface area (TPSA) is 76.4 Å². The number of rotatable bonds is 5. The lowest BCUT2D eigenvalue weighted by Crippen LogP contribution is -2.50. The molecule has 0 saturated carbocycles. The van der Waals surface area contributed by atoms with Crippen LogP contribution in [0.15, 0.2) is 52.9 Å². The summed E-state index contributed by atoms with van der Waals surface area (Å²) >= 11 is 0. The summed E-state index contributed by atoms with van der Waals surface area (Å²) in [5, 5.41) is 24.1. The largest absolute Gasteiger partial charge is 0.378 e. The van der Waals surface area contributed by atoms with Gasteiger partial charge in [0.25, 0.3) is 0 Å². The van der Waals surface area contributed by atoms with Crippen LogP contribution in [0, 0.1) is 11.3 Å². The van der Waals surface area contributed by atoms with Crippen molar-refractivity contribution in [2.45, 2.75) is 64.6 Å². The Morgan fingerprint density at radius 2 is 2.07 bits per heavy atom. The molecule has 0 spiro atoms. The molecule has 0 aliphatic carbocycles. The fourth-order valence-electron chi connectivity index (χ4n) is 4.59. The number of Topliss-reactive ketones (excluding diaryl/α,β-unsaturated/α-hetero) is 1. The van der Waals surface area contributed by atoms with Gasteiger partial charge >= 0.3 is 0 Å². The molecule has 1 aromatic rings. The number of hydrogen-bond acceptors (Lipinski definition) is 5. The standard InChI is InChI=1S/C23H29N3O2/c1-4-19(26-13-9-8-12-20(26)28)23-18(14-24)22(17-10-6-5-7-11-17)21(16(3)27)15(2)25-23/h5-7,10-11,19-20,22,25,28H,4,8-9,12-13H2,1-3H3. The van der Waals surface area contributed by atoms with Crippen LogP contribution >= 0.6 is 0 Å². The van der Waals surface area contributed by atoms with Gasteiger partial charge in [-0.25, -0.2) is 0 Å². The van der Waals surface area contributed by atoms with Crippen molar-refractivity contribution >= 4 is 5.78 Å². The minimum absolute atomic E-state index is 0.0308. The van der Waals surface area contributed by atoms with Crippen LogP contribution in [0.3, 0.4) is 0 Å². The zero-order valence-corrected chi connectivity index (χ0v) is 16.9. The fraction of sp³-hybridized carbons (Fsp3) is 0.478. The molecular weight excluding hydrogens is 350 g/mol. The molecule has 28 heavy (non-hydrogen) atoms. The van der Waals surface area contributed by atoms with Crippen molar-refractivity contribution < 1.29 is 9.90 Å². The lowest BCUT2D eigenvalue weighted by molar-refractivity contribution is -0.113. The van der Waals surface area contributed by atoms with Gasteiger partial charge in [-0.3, -0.25) is 9.69 Å². The van der Waals surface area contributed by atoms with Crippen LogP contribution in [0.2, 0.25) is 0 Å². The second-order valence-electron chi connectivity index (χ2n) is 7.64. The van der Waals surface area contributed by atoms with Crippen LogP contribution in [0.25, 0.3) is 0 Å². The minimum atomic E-state index is -0.499. The van der Waals surface area contributed by atoms with Crippen LogP contribution in [0.4, 0.5) is 0 Å². The number of ketones is 1. The Labute approximate surface area is 167 Å². The molecular formula is C23H29N3O2. The van der Waals surface area contributed by atoms with E-state index in [1.54, 1.807) is 6.92 Å². The molecule has 3 rings (SSSR count).